The Bertz CT molecular complexity index is 20.9. The van der Waals surface area contributed by atoms with Crippen LogP contribution in [-0.2, 0) is 0 Å². The Morgan fingerprint density at radius 2 is 1.80 bits per heavy atom. The summed E-state index contributed by atoms with van der Waals surface area (Å²) < 4.78 is 1.49. The van der Waals surface area contributed by atoms with Gasteiger partial charge in [-0.15, -0.1) is 0 Å². The molecular weight excluding hydrogens is 192 g/mol. The molecule has 0 N–H and O–H groups in total. The molecule has 0 saturated heterocycles. The maximum atomic E-state index is 2.37. The summed E-state index contributed by atoms with van der Waals surface area (Å²) in [5.41, 5.74) is 0. The van der Waals surface area contributed by atoms with Crippen molar-refractivity contribution in [2.75, 3.05) is 0 Å². The van der Waals surface area contributed by atoms with Crippen molar-refractivity contribution in [2.24, 2.45) is 0 Å². The first-order valence-electron chi connectivity index (χ1n) is 1.88. The summed E-state index contributed by atoms with van der Waals surface area (Å²) >= 11 is 1.96. The fourth-order valence-electron chi connectivity index (χ4n) is 0. The molecular formula is C3H10SiTe. The summed E-state index contributed by atoms with van der Waals surface area (Å²) in [5, 5.41) is 0. The first-order chi connectivity index (χ1) is 2.27. The summed E-state index contributed by atoms with van der Waals surface area (Å²) in [5.74, 6) is 0. The van der Waals surface area contributed by atoms with E-state index < -0.39 is 0 Å². The molecule has 0 unspecified atom stereocenters. The molecule has 0 heterocycles. The van der Waals surface area contributed by atoms with E-state index in [0.717, 1.165) is 0 Å². The van der Waals surface area contributed by atoms with E-state index in [1.807, 2.05) is 22.3 Å². The molecule has 0 spiro atoms. The van der Waals surface area contributed by atoms with Crippen LogP contribution in [0.5, 0.6) is 0 Å². The summed E-state index contributed by atoms with van der Waals surface area (Å²) in [6.45, 7) is 4.75. The van der Waals surface area contributed by atoms with E-state index in [2.05, 4.69) is 13.1 Å². The van der Waals surface area contributed by atoms with Gasteiger partial charge < -0.3 is 0 Å². The molecule has 0 aliphatic carbocycles. The van der Waals surface area contributed by atoms with Gasteiger partial charge in [-0.1, -0.05) is 0 Å². The van der Waals surface area contributed by atoms with E-state index in [0.29, 0.717) is 0 Å². The van der Waals surface area contributed by atoms with Crippen molar-refractivity contribution in [3.05, 3.63) is 0 Å². The van der Waals surface area contributed by atoms with Crippen molar-refractivity contribution in [1.29, 1.82) is 0 Å². The van der Waals surface area contributed by atoms with E-state index in [9.17, 15) is 0 Å². The van der Waals surface area contributed by atoms with Crippen LogP contribution >= 0.6 is 0 Å². The van der Waals surface area contributed by atoms with Crippen LogP contribution in [-0.4, -0.2) is 31.1 Å². The molecule has 0 rings (SSSR count). The topological polar surface area (TPSA) is 0 Å². The van der Waals surface area contributed by atoms with Crippen molar-refractivity contribution < 1.29 is 0 Å². The zero-order valence-corrected chi connectivity index (χ0v) is 7.44. The monoisotopic (exact) mass is 204 g/mol. The van der Waals surface area contributed by atoms with Crippen LogP contribution in [0, 0.1) is 0 Å². The van der Waals surface area contributed by atoms with Crippen molar-refractivity contribution in [2.45, 2.75) is 17.2 Å². The molecule has 0 nitrogen and oxygen atoms in total. The van der Waals surface area contributed by atoms with Crippen LogP contribution in [0.1, 0.15) is 0 Å². The van der Waals surface area contributed by atoms with Gasteiger partial charge in [0.2, 0.25) is 0 Å². The molecule has 0 saturated carbocycles. The van der Waals surface area contributed by atoms with Gasteiger partial charge in [0.05, 0.1) is 0 Å². The second-order valence-electron chi connectivity index (χ2n) is 1.58. The molecule has 0 aliphatic rings. The van der Waals surface area contributed by atoms with Gasteiger partial charge in [0.1, 0.15) is 0 Å². The fraction of sp³-hybridized carbons (Fsp3) is 1.00. The molecule has 2 heteroatoms. The third-order valence-corrected chi connectivity index (χ3v) is 7.35. The Hall–Kier alpha value is 1.01. The Balaban J connectivity index is 2.54. The molecule has 0 radical (unpaired) electrons. The molecule has 0 bridgehead atoms. The molecule has 0 atom stereocenters. The molecule has 0 aliphatic heterocycles. The molecule has 0 aromatic heterocycles. The molecule has 5 heavy (non-hydrogen) atoms. The van der Waals surface area contributed by atoms with E-state index in [1.54, 1.807) is 0 Å². The minimum absolute atomic E-state index is 0.127. The quantitative estimate of drug-likeness (QED) is 0.537. The molecule has 0 amide bonds. The van der Waals surface area contributed by atoms with Gasteiger partial charge >= 0.3 is 48.3 Å². The fourth-order valence-corrected chi connectivity index (χ4v) is 0. The van der Waals surface area contributed by atoms with E-state index >= 15 is 0 Å². The van der Waals surface area contributed by atoms with E-state index in [1.165, 1.54) is 4.09 Å². The van der Waals surface area contributed by atoms with Gasteiger partial charge in [-0.2, -0.15) is 0 Å². The Morgan fingerprint density at radius 1 is 1.60 bits per heavy atom. The third-order valence-electron chi connectivity index (χ3n) is 0.365. The van der Waals surface area contributed by atoms with E-state index in [-0.39, 0.29) is 8.80 Å². The van der Waals surface area contributed by atoms with Crippen LogP contribution in [0.15, 0.2) is 0 Å². The van der Waals surface area contributed by atoms with Gasteiger partial charge in [-0.05, 0) is 0 Å². The molecule has 0 aromatic carbocycles. The molecule has 0 fully saturated rings. The summed E-state index contributed by atoms with van der Waals surface area (Å²) in [4.78, 5) is 0. The Kier molecular flexibility index (Phi) is 3.85. The minimum atomic E-state index is -0.127. The number of rotatable bonds is 1. The summed E-state index contributed by atoms with van der Waals surface area (Å²) in [7, 11) is -0.127. The van der Waals surface area contributed by atoms with Crippen LogP contribution < -0.4 is 0 Å². The van der Waals surface area contributed by atoms with Gasteiger partial charge in [0.25, 0.3) is 0 Å². The predicted octanol–water partition coefficient (Wildman–Crippen LogP) is 0.331. The SMILES string of the molecule is C[SiH](C)C[TeH]. The van der Waals surface area contributed by atoms with Gasteiger partial charge in [-0.25, -0.2) is 0 Å². The van der Waals surface area contributed by atoms with Gasteiger partial charge in [0.15, 0.2) is 0 Å². The Morgan fingerprint density at radius 3 is 1.80 bits per heavy atom. The number of hydrogen-bond donors (Lipinski definition) is 0. The normalized spacial score (nSPS) is 9.60. The maximum absolute atomic E-state index is 2.37. The second kappa shape index (κ2) is 3.21. The Labute approximate surface area is 48.5 Å². The van der Waals surface area contributed by atoms with Crippen molar-refractivity contribution in [1.82, 2.24) is 0 Å². The average molecular weight is 202 g/mol. The van der Waals surface area contributed by atoms with Crippen molar-refractivity contribution >= 4 is 31.1 Å². The molecule has 0 aromatic rings. The van der Waals surface area contributed by atoms with Crippen LogP contribution in [0.2, 0.25) is 17.2 Å². The van der Waals surface area contributed by atoms with Crippen LogP contribution in [0.25, 0.3) is 0 Å². The summed E-state index contributed by atoms with van der Waals surface area (Å²) in [6.07, 6.45) is 0. The molecule has 32 valence electrons. The standard InChI is InChI=1S/C3H10SiTe/c1-4(2)3-5/h4-5H,3H2,1-2H3. The van der Waals surface area contributed by atoms with Crippen LogP contribution in [0.3, 0.4) is 0 Å². The van der Waals surface area contributed by atoms with Crippen molar-refractivity contribution in [3.63, 3.8) is 0 Å². The van der Waals surface area contributed by atoms with Gasteiger partial charge in [-0.3, -0.25) is 0 Å². The first-order valence-corrected chi connectivity index (χ1v) is 6.81. The second-order valence-corrected chi connectivity index (χ2v) is 7.86. The third kappa shape index (κ3) is 5.01. The van der Waals surface area contributed by atoms with Crippen LogP contribution in [0.4, 0.5) is 0 Å². The predicted molar refractivity (Wildman–Crippen MR) is 30.8 cm³/mol. The average Bonchev–Trinajstić information content (AvgIpc) is 1.38. The van der Waals surface area contributed by atoms with Crippen molar-refractivity contribution in [3.8, 4) is 0 Å². The first kappa shape index (κ1) is 6.01. The number of hydrogen-bond acceptors (Lipinski definition) is 0. The van der Waals surface area contributed by atoms with E-state index in [4.69, 9.17) is 0 Å². The summed E-state index contributed by atoms with van der Waals surface area (Å²) in [6, 6.07) is 0. The zero-order chi connectivity index (χ0) is 4.28. The van der Waals surface area contributed by atoms with Gasteiger partial charge in [0, 0.05) is 0 Å². The zero-order valence-electron chi connectivity index (χ0n) is 3.73.